The van der Waals surface area contributed by atoms with Gasteiger partial charge in [0, 0.05) is 11.8 Å². The van der Waals surface area contributed by atoms with Gasteiger partial charge in [0.05, 0.1) is 0 Å². The normalized spacial score (nSPS) is 28.0. The van der Waals surface area contributed by atoms with E-state index in [1.807, 2.05) is 0 Å². The van der Waals surface area contributed by atoms with Crippen molar-refractivity contribution in [3.05, 3.63) is 0 Å². The molecule has 2 unspecified atom stereocenters. The van der Waals surface area contributed by atoms with Crippen molar-refractivity contribution in [2.75, 3.05) is 12.3 Å². The molecule has 1 heterocycles. The minimum atomic E-state index is -4.07. The first-order valence-corrected chi connectivity index (χ1v) is 6.44. The van der Waals surface area contributed by atoms with Crippen molar-refractivity contribution in [3.63, 3.8) is 0 Å². The van der Waals surface area contributed by atoms with Crippen LogP contribution >= 0.6 is 11.8 Å². The lowest BCUT2D eigenvalue weighted by atomic mass is 9.89. The van der Waals surface area contributed by atoms with Gasteiger partial charge in [-0.25, -0.2) is 0 Å². The number of piperidine rings is 1. The molecule has 0 aliphatic carbocycles. The molecule has 1 N–H and O–H groups in total. The van der Waals surface area contributed by atoms with Crippen molar-refractivity contribution in [2.24, 2.45) is 5.92 Å². The minimum absolute atomic E-state index is 0.0960. The second-order valence-corrected chi connectivity index (χ2v) is 5.19. The Kier molecular flexibility index (Phi) is 5.26. The highest BCUT2D eigenvalue weighted by molar-refractivity contribution is 8.00. The van der Waals surface area contributed by atoms with Gasteiger partial charge >= 0.3 is 5.51 Å². The van der Waals surface area contributed by atoms with Crippen molar-refractivity contribution >= 4 is 11.8 Å². The molecule has 5 heteroatoms. The summed E-state index contributed by atoms with van der Waals surface area (Å²) >= 11 is 0.0960. The Morgan fingerprint density at radius 1 is 1.40 bits per heavy atom. The van der Waals surface area contributed by atoms with E-state index in [1.54, 1.807) is 0 Å². The molecule has 0 spiro atoms. The first kappa shape index (κ1) is 13.2. The average molecular weight is 241 g/mol. The molecule has 1 nitrogen and oxygen atoms in total. The fraction of sp³-hybridized carbons (Fsp3) is 1.00. The summed E-state index contributed by atoms with van der Waals surface area (Å²) in [5.74, 6) is 0.879. The van der Waals surface area contributed by atoms with Crippen molar-refractivity contribution in [2.45, 2.75) is 44.2 Å². The molecule has 15 heavy (non-hydrogen) atoms. The van der Waals surface area contributed by atoms with E-state index in [4.69, 9.17) is 0 Å². The maximum Gasteiger partial charge on any atom is 0.441 e. The molecule has 0 amide bonds. The quantitative estimate of drug-likeness (QED) is 0.809. The highest BCUT2D eigenvalue weighted by Gasteiger charge is 2.28. The maximum atomic E-state index is 11.9. The van der Waals surface area contributed by atoms with Crippen LogP contribution in [0.1, 0.15) is 32.6 Å². The van der Waals surface area contributed by atoms with E-state index in [0.29, 0.717) is 18.4 Å². The molecular weight excluding hydrogens is 223 g/mol. The topological polar surface area (TPSA) is 12.0 Å². The number of halogens is 3. The van der Waals surface area contributed by atoms with Crippen LogP contribution in [0.3, 0.4) is 0 Å². The van der Waals surface area contributed by atoms with Gasteiger partial charge < -0.3 is 5.32 Å². The van der Waals surface area contributed by atoms with Gasteiger partial charge in [-0.05, 0) is 31.7 Å². The Labute approximate surface area is 93.2 Å². The summed E-state index contributed by atoms with van der Waals surface area (Å²) < 4.78 is 35.7. The number of nitrogens with one attached hydrogen (secondary N) is 1. The van der Waals surface area contributed by atoms with Crippen LogP contribution in [-0.4, -0.2) is 23.8 Å². The van der Waals surface area contributed by atoms with E-state index in [2.05, 4.69) is 12.2 Å². The number of hydrogen-bond acceptors (Lipinski definition) is 2. The van der Waals surface area contributed by atoms with Crippen LogP contribution in [0.2, 0.25) is 0 Å². The van der Waals surface area contributed by atoms with Crippen LogP contribution in [0.25, 0.3) is 0 Å². The second kappa shape index (κ2) is 5.99. The van der Waals surface area contributed by atoms with Crippen LogP contribution in [0.15, 0.2) is 0 Å². The van der Waals surface area contributed by atoms with E-state index in [-0.39, 0.29) is 17.5 Å². The lowest BCUT2D eigenvalue weighted by molar-refractivity contribution is -0.0328. The van der Waals surface area contributed by atoms with Gasteiger partial charge in [0.1, 0.15) is 0 Å². The van der Waals surface area contributed by atoms with Gasteiger partial charge in [-0.2, -0.15) is 13.2 Å². The SMILES string of the molecule is CCC1CCNC(CCSC(F)(F)F)C1. The van der Waals surface area contributed by atoms with Crippen LogP contribution < -0.4 is 5.32 Å². The van der Waals surface area contributed by atoms with Crippen molar-refractivity contribution in [3.8, 4) is 0 Å². The molecule has 90 valence electrons. The predicted octanol–water partition coefficient (Wildman–Crippen LogP) is 3.41. The van der Waals surface area contributed by atoms with E-state index in [0.717, 1.165) is 19.4 Å². The third kappa shape index (κ3) is 5.66. The van der Waals surface area contributed by atoms with Gasteiger partial charge in [0.15, 0.2) is 0 Å². The van der Waals surface area contributed by atoms with Crippen molar-refractivity contribution < 1.29 is 13.2 Å². The summed E-state index contributed by atoms with van der Waals surface area (Å²) in [5, 5.41) is 3.29. The van der Waals surface area contributed by atoms with E-state index in [9.17, 15) is 13.2 Å². The van der Waals surface area contributed by atoms with Gasteiger partial charge in [-0.3, -0.25) is 0 Å². The molecule has 0 bridgehead atoms. The zero-order valence-corrected chi connectivity index (χ0v) is 9.76. The summed E-state index contributed by atoms with van der Waals surface area (Å²) in [7, 11) is 0. The van der Waals surface area contributed by atoms with Gasteiger partial charge in [-0.15, -0.1) is 0 Å². The second-order valence-electron chi connectivity index (χ2n) is 4.03. The van der Waals surface area contributed by atoms with Crippen LogP contribution in [0.4, 0.5) is 13.2 Å². The molecule has 0 aromatic heterocycles. The molecular formula is C10H18F3NS. The lowest BCUT2D eigenvalue weighted by Gasteiger charge is -2.29. The highest BCUT2D eigenvalue weighted by atomic mass is 32.2. The fourth-order valence-corrected chi connectivity index (χ4v) is 2.64. The average Bonchev–Trinajstić information content (AvgIpc) is 2.16. The largest absolute Gasteiger partial charge is 0.441 e. The Bertz CT molecular complexity index is 184. The molecule has 1 rings (SSSR count). The minimum Gasteiger partial charge on any atom is -0.314 e. The van der Waals surface area contributed by atoms with Crippen LogP contribution in [-0.2, 0) is 0 Å². The maximum absolute atomic E-state index is 11.9. The Balaban J connectivity index is 2.15. The molecule has 0 aromatic carbocycles. The zero-order chi connectivity index (χ0) is 11.3. The molecule has 0 saturated carbocycles. The zero-order valence-electron chi connectivity index (χ0n) is 8.94. The first-order valence-electron chi connectivity index (χ1n) is 5.45. The number of hydrogen-bond donors (Lipinski definition) is 1. The smallest absolute Gasteiger partial charge is 0.314 e. The Hall–Kier alpha value is 0.100. The molecule has 1 aliphatic heterocycles. The summed E-state index contributed by atoms with van der Waals surface area (Å²) in [6.45, 7) is 3.11. The first-order chi connectivity index (χ1) is 7.01. The number of alkyl halides is 3. The van der Waals surface area contributed by atoms with Crippen LogP contribution in [0, 0.1) is 5.92 Å². The molecule has 0 aromatic rings. The summed E-state index contributed by atoms with van der Waals surface area (Å²) in [5.41, 5.74) is -4.07. The molecule has 0 radical (unpaired) electrons. The summed E-state index contributed by atoms with van der Waals surface area (Å²) in [6, 6.07) is 0.290. The lowest BCUT2D eigenvalue weighted by Crippen LogP contribution is -2.38. The van der Waals surface area contributed by atoms with Crippen molar-refractivity contribution in [1.29, 1.82) is 0 Å². The molecule has 1 aliphatic rings. The van der Waals surface area contributed by atoms with Gasteiger partial charge in [0.25, 0.3) is 0 Å². The number of rotatable bonds is 4. The fourth-order valence-electron chi connectivity index (χ4n) is 2.00. The molecule has 1 fully saturated rings. The van der Waals surface area contributed by atoms with Crippen LogP contribution in [0.5, 0.6) is 0 Å². The molecule has 2 atom stereocenters. The number of thioether (sulfide) groups is 1. The van der Waals surface area contributed by atoms with Gasteiger partial charge in [0.2, 0.25) is 0 Å². The van der Waals surface area contributed by atoms with E-state index in [1.165, 1.54) is 6.42 Å². The Morgan fingerprint density at radius 2 is 2.13 bits per heavy atom. The van der Waals surface area contributed by atoms with E-state index >= 15 is 0 Å². The third-order valence-electron chi connectivity index (χ3n) is 2.91. The van der Waals surface area contributed by atoms with Crippen molar-refractivity contribution in [1.82, 2.24) is 5.32 Å². The van der Waals surface area contributed by atoms with Gasteiger partial charge in [-0.1, -0.05) is 25.1 Å². The monoisotopic (exact) mass is 241 g/mol. The predicted molar refractivity (Wildman–Crippen MR) is 57.9 cm³/mol. The summed E-state index contributed by atoms with van der Waals surface area (Å²) in [6.07, 6.45) is 3.97. The standard InChI is InChI=1S/C10H18F3NS/c1-2-8-3-5-14-9(7-8)4-6-15-10(11,12)13/h8-9,14H,2-7H2,1H3. The van der Waals surface area contributed by atoms with E-state index < -0.39 is 5.51 Å². The summed E-state index contributed by atoms with van der Waals surface area (Å²) in [4.78, 5) is 0. The molecule has 1 saturated heterocycles. The highest BCUT2D eigenvalue weighted by Crippen LogP contribution is 2.31. The third-order valence-corrected chi connectivity index (χ3v) is 3.68. The Morgan fingerprint density at radius 3 is 2.73 bits per heavy atom.